The van der Waals surface area contributed by atoms with Crippen molar-refractivity contribution in [3.05, 3.63) is 41.1 Å². The van der Waals surface area contributed by atoms with Gasteiger partial charge in [0.1, 0.15) is 0 Å². The molecule has 25 heavy (non-hydrogen) atoms. The van der Waals surface area contributed by atoms with E-state index in [1.54, 1.807) is 4.68 Å². The predicted octanol–water partition coefficient (Wildman–Crippen LogP) is 3.11. The highest BCUT2D eigenvalue weighted by atomic mass is 16.2. The van der Waals surface area contributed by atoms with Gasteiger partial charge in [-0.1, -0.05) is 6.07 Å². The first-order chi connectivity index (χ1) is 12.2. The second-order valence-corrected chi connectivity index (χ2v) is 7.48. The average molecular weight is 334 g/mol. The molecular weight excluding hydrogens is 312 g/mol. The third-order valence-electron chi connectivity index (χ3n) is 5.68. The molecule has 1 atom stereocenters. The first kappa shape index (κ1) is 14.9. The van der Waals surface area contributed by atoms with Crippen molar-refractivity contribution in [2.24, 2.45) is 12.0 Å². The van der Waals surface area contributed by atoms with Gasteiger partial charge in [0.15, 0.2) is 0 Å². The molecule has 1 unspecified atom stereocenters. The third kappa shape index (κ3) is 2.49. The van der Waals surface area contributed by atoms with E-state index in [0.29, 0.717) is 12.1 Å². The van der Waals surface area contributed by atoms with E-state index < -0.39 is 0 Å². The molecule has 2 heterocycles. The smallest absolute Gasteiger partial charge is 0.255 e. The zero-order valence-electron chi connectivity index (χ0n) is 14.5. The van der Waals surface area contributed by atoms with Crippen LogP contribution in [0.5, 0.6) is 0 Å². The zero-order valence-corrected chi connectivity index (χ0v) is 14.5. The number of carbonyl (C=O) groups excluding carboxylic acids is 1. The highest BCUT2D eigenvalue weighted by Crippen LogP contribution is 2.38. The molecule has 0 saturated heterocycles. The third-order valence-corrected chi connectivity index (χ3v) is 5.68. The zero-order chi connectivity index (χ0) is 17.0. The van der Waals surface area contributed by atoms with Crippen LogP contribution in [0.15, 0.2) is 40.5 Å². The number of aromatic nitrogens is 2. The van der Waals surface area contributed by atoms with Gasteiger partial charge in [0.05, 0.1) is 17.6 Å². The van der Waals surface area contributed by atoms with E-state index in [2.05, 4.69) is 15.0 Å². The number of rotatable bonds is 3. The quantitative estimate of drug-likeness (QED) is 0.866. The summed E-state index contributed by atoms with van der Waals surface area (Å²) in [5.74, 6) is 0.171. The van der Waals surface area contributed by atoms with Gasteiger partial charge in [-0.05, 0) is 55.4 Å². The maximum Gasteiger partial charge on any atom is 0.255 e. The molecule has 5 rings (SSSR count). The van der Waals surface area contributed by atoms with E-state index >= 15 is 0 Å². The number of fused-ring (bicyclic) bond motifs is 1. The van der Waals surface area contributed by atoms with Crippen LogP contribution in [-0.2, 0) is 7.05 Å². The molecule has 5 heteroatoms. The van der Waals surface area contributed by atoms with E-state index in [1.807, 2.05) is 37.7 Å². The first-order valence-corrected chi connectivity index (χ1v) is 9.16. The Kier molecular flexibility index (Phi) is 3.30. The number of amides is 1. The molecule has 0 N–H and O–H groups in total. The number of aliphatic imine (C=N–C) groups is 1. The normalized spacial score (nSPS) is 22.5. The van der Waals surface area contributed by atoms with Crippen molar-refractivity contribution in [1.82, 2.24) is 14.7 Å². The van der Waals surface area contributed by atoms with E-state index in [0.717, 1.165) is 55.1 Å². The van der Waals surface area contributed by atoms with Crippen LogP contribution in [0.1, 0.15) is 42.5 Å². The molecule has 5 nitrogen and oxygen atoms in total. The fourth-order valence-electron chi connectivity index (χ4n) is 4.30. The Morgan fingerprint density at radius 3 is 2.96 bits per heavy atom. The van der Waals surface area contributed by atoms with Gasteiger partial charge >= 0.3 is 0 Å². The van der Waals surface area contributed by atoms with Crippen LogP contribution < -0.4 is 0 Å². The van der Waals surface area contributed by atoms with Gasteiger partial charge in [-0.15, -0.1) is 0 Å². The molecule has 2 aliphatic carbocycles. The largest absolute Gasteiger partial charge is 0.332 e. The molecule has 128 valence electrons. The Bertz CT molecular complexity index is 919. The van der Waals surface area contributed by atoms with Crippen molar-refractivity contribution in [1.29, 1.82) is 0 Å². The predicted molar refractivity (Wildman–Crippen MR) is 97.9 cm³/mol. The highest BCUT2D eigenvalue weighted by molar-refractivity contribution is 6.06. The second kappa shape index (κ2) is 5.55. The average Bonchev–Trinajstić information content (AvgIpc) is 3.18. The summed E-state index contributed by atoms with van der Waals surface area (Å²) in [5.41, 5.74) is 4.53. The maximum absolute atomic E-state index is 13.5. The van der Waals surface area contributed by atoms with Gasteiger partial charge in [0.25, 0.3) is 5.91 Å². The summed E-state index contributed by atoms with van der Waals surface area (Å²) in [5, 5.41) is 5.41. The monoisotopic (exact) mass is 334 g/mol. The lowest BCUT2D eigenvalue weighted by Gasteiger charge is -2.35. The van der Waals surface area contributed by atoms with E-state index in [1.165, 1.54) is 11.1 Å². The standard InChI is InChI=1S/C20H22N4O/c1-23-12-18-17(3-2-4-19(18)22-23)20(25)24(15-7-8-15)16-6-5-13-10-21-11-14(13)9-16/h2-4,11-12,15-16H,5-10H2,1H3. The molecule has 1 amide bonds. The van der Waals surface area contributed by atoms with Crippen LogP contribution in [0.25, 0.3) is 10.9 Å². The van der Waals surface area contributed by atoms with Crippen molar-refractivity contribution in [3.8, 4) is 0 Å². The van der Waals surface area contributed by atoms with Crippen molar-refractivity contribution in [3.63, 3.8) is 0 Å². The molecule has 0 spiro atoms. The van der Waals surface area contributed by atoms with Crippen molar-refractivity contribution in [2.75, 3.05) is 6.54 Å². The number of hydrogen-bond donors (Lipinski definition) is 0. The van der Waals surface area contributed by atoms with Crippen LogP contribution in [0.2, 0.25) is 0 Å². The Hall–Kier alpha value is -2.43. The van der Waals surface area contributed by atoms with Gasteiger partial charge < -0.3 is 4.90 Å². The lowest BCUT2D eigenvalue weighted by molar-refractivity contribution is 0.0647. The van der Waals surface area contributed by atoms with Crippen LogP contribution in [0.4, 0.5) is 0 Å². The molecular formula is C20H22N4O. The summed E-state index contributed by atoms with van der Waals surface area (Å²) in [4.78, 5) is 20.1. The number of hydrogen-bond acceptors (Lipinski definition) is 3. The second-order valence-electron chi connectivity index (χ2n) is 7.48. The summed E-state index contributed by atoms with van der Waals surface area (Å²) in [7, 11) is 1.90. The van der Waals surface area contributed by atoms with Gasteiger partial charge in [0.2, 0.25) is 0 Å². The number of nitrogens with zero attached hydrogens (tertiary/aromatic N) is 4. The number of aryl methyl sites for hydroxylation is 1. The van der Waals surface area contributed by atoms with E-state index in [4.69, 9.17) is 0 Å². The van der Waals surface area contributed by atoms with Crippen LogP contribution in [0.3, 0.4) is 0 Å². The molecule has 1 aliphatic heterocycles. The molecule has 1 fully saturated rings. The molecule has 1 aromatic carbocycles. The van der Waals surface area contributed by atoms with E-state index in [9.17, 15) is 4.79 Å². The lowest BCUT2D eigenvalue weighted by atomic mass is 9.88. The summed E-state index contributed by atoms with van der Waals surface area (Å²) in [6, 6.07) is 6.57. The SMILES string of the molecule is Cn1cc2c(C(=O)N(C3CC3)C3CCC4=C(C=NC4)C3)cccc2n1. The van der Waals surface area contributed by atoms with Crippen LogP contribution in [0, 0.1) is 0 Å². The minimum Gasteiger partial charge on any atom is -0.332 e. The number of benzene rings is 1. The fourth-order valence-corrected chi connectivity index (χ4v) is 4.30. The Labute approximate surface area is 147 Å². The molecule has 0 radical (unpaired) electrons. The van der Waals surface area contributed by atoms with Crippen molar-refractivity contribution < 1.29 is 4.79 Å². The Morgan fingerprint density at radius 1 is 1.24 bits per heavy atom. The summed E-state index contributed by atoms with van der Waals surface area (Å²) in [6.45, 7) is 0.869. The fraction of sp³-hybridized carbons (Fsp3) is 0.450. The van der Waals surface area contributed by atoms with E-state index in [-0.39, 0.29) is 5.91 Å². The topological polar surface area (TPSA) is 50.5 Å². The summed E-state index contributed by atoms with van der Waals surface area (Å²) >= 11 is 0. The van der Waals surface area contributed by atoms with Crippen molar-refractivity contribution in [2.45, 2.75) is 44.2 Å². The lowest BCUT2D eigenvalue weighted by Crippen LogP contribution is -2.43. The summed E-state index contributed by atoms with van der Waals surface area (Å²) in [6.07, 6.45) is 9.35. The molecule has 2 aromatic rings. The minimum atomic E-state index is 0.171. The molecule has 3 aliphatic rings. The Morgan fingerprint density at radius 2 is 2.12 bits per heavy atom. The van der Waals surface area contributed by atoms with Gasteiger partial charge in [-0.2, -0.15) is 5.10 Å². The van der Waals surface area contributed by atoms with Gasteiger partial charge in [-0.25, -0.2) is 0 Å². The minimum absolute atomic E-state index is 0.171. The molecule has 0 bridgehead atoms. The van der Waals surface area contributed by atoms with Crippen LogP contribution in [-0.4, -0.2) is 45.4 Å². The van der Waals surface area contributed by atoms with Crippen LogP contribution >= 0.6 is 0 Å². The molecule has 1 saturated carbocycles. The van der Waals surface area contributed by atoms with Crippen molar-refractivity contribution >= 4 is 23.0 Å². The molecule has 1 aromatic heterocycles. The van der Waals surface area contributed by atoms with Gasteiger partial charge in [0, 0.05) is 36.9 Å². The Balaban J connectivity index is 1.50. The number of carbonyl (C=O) groups is 1. The van der Waals surface area contributed by atoms with Gasteiger partial charge in [-0.3, -0.25) is 14.5 Å². The summed E-state index contributed by atoms with van der Waals surface area (Å²) < 4.78 is 1.79. The highest BCUT2D eigenvalue weighted by Gasteiger charge is 2.39. The first-order valence-electron chi connectivity index (χ1n) is 9.16. The maximum atomic E-state index is 13.5.